The number of amides is 1. The van der Waals surface area contributed by atoms with Crippen LogP contribution < -0.4 is 10.1 Å². The van der Waals surface area contributed by atoms with Gasteiger partial charge in [-0.05, 0) is 41.7 Å². The molecular formula is C21H21N3O2. The molecule has 0 aliphatic heterocycles. The predicted octanol–water partition coefficient (Wildman–Crippen LogP) is 4.14. The number of benzene rings is 2. The Hall–Kier alpha value is -3.08. The van der Waals surface area contributed by atoms with E-state index in [4.69, 9.17) is 4.74 Å². The highest BCUT2D eigenvalue weighted by Crippen LogP contribution is 2.39. The van der Waals surface area contributed by atoms with Crippen molar-refractivity contribution < 1.29 is 9.53 Å². The lowest BCUT2D eigenvalue weighted by Crippen LogP contribution is -2.14. The number of anilines is 1. The van der Waals surface area contributed by atoms with Crippen molar-refractivity contribution in [2.45, 2.75) is 25.2 Å². The first-order valence-corrected chi connectivity index (χ1v) is 8.80. The van der Waals surface area contributed by atoms with Gasteiger partial charge >= 0.3 is 0 Å². The third kappa shape index (κ3) is 3.77. The van der Waals surface area contributed by atoms with Crippen molar-refractivity contribution in [1.29, 1.82) is 0 Å². The van der Waals surface area contributed by atoms with Crippen molar-refractivity contribution in [2.75, 3.05) is 12.4 Å². The Kier molecular flexibility index (Phi) is 4.44. The number of aromatic nitrogens is 2. The molecule has 0 unspecified atom stereocenters. The third-order valence-corrected chi connectivity index (χ3v) is 4.60. The standard InChI is InChI=1S/C21H21N3O2/c1-26-18-4-2-3-17(12-18)15-7-5-14(6-8-15)11-21(25)22-20-13-19(23-24-20)16-9-10-16/h2-8,12-13,16H,9-11H2,1H3,(H2,22,23,24,25). The van der Waals surface area contributed by atoms with Crippen LogP contribution in [0.5, 0.6) is 5.75 Å². The van der Waals surface area contributed by atoms with Gasteiger partial charge in [-0.1, -0.05) is 36.4 Å². The summed E-state index contributed by atoms with van der Waals surface area (Å²) in [6.45, 7) is 0. The van der Waals surface area contributed by atoms with Gasteiger partial charge in [-0.2, -0.15) is 5.10 Å². The molecule has 1 aliphatic carbocycles. The van der Waals surface area contributed by atoms with E-state index in [0.717, 1.165) is 28.1 Å². The number of hydrogen-bond acceptors (Lipinski definition) is 3. The highest BCUT2D eigenvalue weighted by atomic mass is 16.5. The van der Waals surface area contributed by atoms with Gasteiger partial charge in [0.1, 0.15) is 5.75 Å². The van der Waals surface area contributed by atoms with Crippen LogP contribution in [-0.2, 0) is 11.2 Å². The third-order valence-electron chi connectivity index (χ3n) is 4.60. The second-order valence-electron chi connectivity index (χ2n) is 6.64. The van der Waals surface area contributed by atoms with Crippen LogP contribution >= 0.6 is 0 Å². The van der Waals surface area contributed by atoms with Gasteiger partial charge in [0.2, 0.25) is 5.91 Å². The number of carbonyl (C=O) groups is 1. The molecule has 26 heavy (non-hydrogen) atoms. The number of ether oxygens (including phenoxy) is 1. The molecule has 0 spiro atoms. The van der Waals surface area contributed by atoms with Crippen molar-refractivity contribution in [3.05, 3.63) is 65.9 Å². The molecule has 2 N–H and O–H groups in total. The molecule has 1 saturated carbocycles. The van der Waals surface area contributed by atoms with Crippen LogP contribution in [0.25, 0.3) is 11.1 Å². The highest BCUT2D eigenvalue weighted by molar-refractivity contribution is 5.91. The molecule has 1 fully saturated rings. The molecule has 5 heteroatoms. The van der Waals surface area contributed by atoms with E-state index in [-0.39, 0.29) is 5.91 Å². The summed E-state index contributed by atoms with van der Waals surface area (Å²) in [5, 5.41) is 10.0. The summed E-state index contributed by atoms with van der Waals surface area (Å²) in [4.78, 5) is 12.2. The van der Waals surface area contributed by atoms with Gasteiger partial charge in [0.15, 0.2) is 5.82 Å². The lowest BCUT2D eigenvalue weighted by molar-refractivity contribution is -0.115. The van der Waals surface area contributed by atoms with Crippen LogP contribution in [0.1, 0.15) is 30.0 Å². The minimum absolute atomic E-state index is 0.0621. The summed E-state index contributed by atoms with van der Waals surface area (Å²) < 4.78 is 5.27. The zero-order chi connectivity index (χ0) is 17.9. The van der Waals surface area contributed by atoms with Gasteiger partial charge in [0.25, 0.3) is 0 Å². The van der Waals surface area contributed by atoms with E-state index in [9.17, 15) is 4.79 Å². The zero-order valence-corrected chi connectivity index (χ0v) is 14.7. The Labute approximate surface area is 152 Å². The Morgan fingerprint density at radius 2 is 1.96 bits per heavy atom. The van der Waals surface area contributed by atoms with E-state index < -0.39 is 0 Å². The first-order valence-electron chi connectivity index (χ1n) is 8.80. The van der Waals surface area contributed by atoms with Crippen molar-refractivity contribution in [3.8, 4) is 16.9 Å². The van der Waals surface area contributed by atoms with Crippen molar-refractivity contribution in [2.24, 2.45) is 0 Å². The molecule has 1 aliphatic rings. The summed E-state index contributed by atoms with van der Waals surface area (Å²) in [5.41, 5.74) is 4.26. The quantitative estimate of drug-likeness (QED) is 0.704. The van der Waals surface area contributed by atoms with Crippen LogP contribution in [0, 0.1) is 0 Å². The van der Waals surface area contributed by atoms with Gasteiger partial charge in [0.05, 0.1) is 13.5 Å². The zero-order valence-electron chi connectivity index (χ0n) is 14.7. The smallest absolute Gasteiger partial charge is 0.229 e. The summed E-state index contributed by atoms with van der Waals surface area (Å²) in [6, 6.07) is 17.9. The summed E-state index contributed by atoms with van der Waals surface area (Å²) in [7, 11) is 1.66. The first kappa shape index (κ1) is 16.4. The average molecular weight is 347 g/mol. The monoisotopic (exact) mass is 347 g/mol. The Balaban J connectivity index is 1.39. The topological polar surface area (TPSA) is 67.0 Å². The van der Waals surface area contributed by atoms with Gasteiger partial charge in [-0.3, -0.25) is 9.89 Å². The van der Waals surface area contributed by atoms with Crippen LogP contribution in [0.15, 0.2) is 54.6 Å². The summed E-state index contributed by atoms with van der Waals surface area (Å²) in [5.74, 6) is 1.96. The molecule has 0 atom stereocenters. The number of rotatable bonds is 6. The largest absolute Gasteiger partial charge is 0.497 e. The molecule has 4 rings (SSSR count). The number of H-pyrrole nitrogens is 1. The maximum absolute atomic E-state index is 12.2. The fourth-order valence-electron chi connectivity index (χ4n) is 2.99. The number of nitrogens with zero attached hydrogens (tertiary/aromatic N) is 1. The fourth-order valence-corrected chi connectivity index (χ4v) is 2.99. The SMILES string of the molecule is COc1cccc(-c2ccc(CC(=O)Nc3cc(C4CC4)[nH]n3)cc2)c1. The molecule has 0 saturated heterocycles. The minimum atomic E-state index is -0.0621. The molecule has 0 bridgehead atoms. The van der Waals surface area contributed by atoms with Crippen LogP contribution in [0.3, 0.4) is 0 Å². The Bertz CT molecular complexity index is 911. The summed E-state index contributed by atoms with van der Waals surface area (Å²) >= 11 is 0. The van der Waals surface area contributed by atoms with Gasteiger partial charge in [0, 0.05) is 17.7 Å². The molecular weight excluding hydrogens is 326 g/mol. The van der Waals surface area contributed by atoms with E-state index >= 15 is 0 Å². The number of aromatic amines is 1. The molecule has 1 aromatic heterocycles. The second-order valence-corrected chi connectivity index (χ2v) is 6.64. The van der Waals surface area contributed by atoms with Crippen LogP contribution in [-0.4, -0.2) is 23.2 Å². The number of nitrogens with one attached hydrogen (secondary N) is 2. The van der Waals surface area contributed by atoms with Gasteiger partial charge in [-0.15, -0.1) is 0 Å². The molecule has 2 aromatic carbocycles. The predicted molar refractivity (Wildman–Crippen MR) is 101 cm³/mol. The lowest BCUT2D eigenvalue weighted by atomic mass is 10.0. The normalized spacial score (nSPS) is 13.4. The van der Waals surface area contributed by atoms with E-state index in [1.54, 1.807) is 7.11 Å². The highest BCUT2D eigenvalue weighted by Gasteiger charge is 2.25. The van der Waals surface area contributed by atoms with Crippen molar-refractivity contribution >= 4 is 11.7 Å². The van der Waals surface area contributed by atoms with Crippen LogP contribution in [0.2, 0.25) is 0 Å². The summed E-state index contributed by atoms with van der Waals surface area (Å²) in [6.07, 6.45) is 2.73. The molecule has 0 radical (unpaired) electrons. The van der Waals surface area contributed by atoms with E-state index in [2.05, 4.69) is 15.5 Å². The maximum Gasteiger partial charge on any atom is 0.229 e. The first-order chi connectivity index (χ1) is 12.7. The lowest BCUT2D eigenvalue weighted by Gasteiger charge is -2.06. The minimum Gasteiger partial charge on any atom is -0.497 e. The maximum atomic E-state index is 12.2. The van der Waals surface area contributed by atoms with E-state index in [1.807, 2.05) is 54.6 Å². The molecule has 1 heterocycles. The molecule has 1 amide bonds. The fraction of sp³-hybridized carbons (Fsp3) is 0.238. The second kappa shape index (κ2) is 7.04. The van der Waals surface area contributed by atoms with E-state index in [0.29, 0.717) is 18.2 Å². The van der Waals surface area contributed by atoms with E-state index in [1.165, 1.54) is 12.8 Å². The number of carbonyl (C=O) groups excluding carboxylic acids is 1. The molecule has 132 valence electrons. The Morgan fingerprint density at radius 3 is 2.69 bits per heavy atom. The van der Waals surface area contributed by atoms with Gasteiger partial charge in [-0.25, -0.2) is 0 Å². The van der Waals surface area contributed by atoms with Crippen LogP contribution in [0.4, 0.5) is 5.82 Å². The number of methoxy groups -OCH3 is 1. The molecule has 3 aromatic rings. The average Bonchev–Trinajstić information content (AvgIpc) is 3.42. The molecule has 5 nitrogen and oxygen atoms in total. The van der Waals surface area contributed by atoms with Gasteiger partial charge < -0.3 is 10.1 Å². The number of hydrogen-bond donors (Lipinski definition) is 2. The Morgan fingerprint density at radius 1 is 1.15 bits per heavy atom. The van der Waals surface area contributed by atoms with Crippen molar-refractivity contribution in [3.63, 3.8) is 0 Å². The van der Waals surface area contributed by atoms with Crippen molar-refractivity contribution in [1.82, 2.24) is 10.2 Å².